The molecule has 0 bridgehead atoms. The third-order valence-electron chi connectivity index (χ3n) is 5.26. The van der Waals surface area contributed by atoms with E-state index in [1.165, 1.54) is 6.26 Å². The number of benzene rings is 1. The maximum absolute atomic E-state index is 12.6. The third-order valence-corrected chi connectivity index (χ3v) is 7.88. The van der Waals surface area contributed by atoms with Crippen molar-refractivity contribution in [2.45, 2.75) is 42.1 Å². The van der Waals surface area contributed by atoms with Gasteiger partial charge in [-0.15, -0.1) is 0 Å². The lowest BCUT2D eigenvalue weighted by atomic mass is 9.99. The molecule has 2 aliphatic heterocycles. The standard InChI is InChI=1S/C21H25Br4N3O6/c1-31-17-14(24)9-21(33-10-15(17)25)19(29)16(28-34-21)20(30)27-5-2-6-32-18-12(22)7-11(3-4-26)8-13(18)23/h7-8,10,14,17,19,29H,2-6,9,26H2,1H3,(H,27,30). The molecule has 9 nitrogen and oxygen atoms in total. The van der Waals surface area contributed by atoms with Crippen molar-refractivity contribution >= 4 is 75.3 Å². The first-order valence-corrected chi connectivity index (χ1v) is 13.7. The molecule has 2 heterocycles. The van der Waals surface area contributed by atoms with Gasteiger partial charge in [-0.25, -0.2) is 0 Å². The third kappa shape index (κ3) is 6.34. The van der Waals surface area contributed by atoms with Crippen LogP contribution in [0.2, 0.25) is 0 Å². The zero-order valence-corrected chi connectivity index (χ0v) is 24.6. The van der Waals surface area contributed by atoms with Crippen molar-refractivity contribution in [3.8, 4) is 5.75 Å². The van der Waals surface area contributed by atoms with Crippen LogP contribution in [-0.2, 0) is 25.5 Å². The molecule has 1 spiro atoms. The smallest absolute Gasteiger partial charge is 0.307 e. The van der Waals surface area contributed by atoms with Crippen LogP contribution in [0.1, 0.15) is 18.4 Å². The van der Waals surface area contributed by atoms with Crippen molar-refractivity contribution in [3.05, 3.63) is 37.4 Å². The minimum Gasteiger partial charge on any atom is -0.491 e. The number of oxime groups is 1. The van der Waals surface area contributed by atoms with E-state index in [1.54, 1.807) is 7.11 Å². The van der Waals surface area contributed by atoms with Gasteiger partial charge in [0.15, 0.2) is 11.8 Å². The van der Waals surface area contributed by atoms with Gasteiger partial charge in [-0.1, -0.05) is 21.1 Å². The predicted molar refractivity (Wildman–Crippen MR) is 141 cm³/mol. The minimum absolute atomic E-state index is 0.151. The fraction of sp³-hybridized carbons (Fsp3) is 0.524. The van der Waals surface area contributed by atoms with E-state index in [9.17, 15) is 9.90 Å². The zero-order chi connectivity index (χ0) is 24.9. The Morgan fingerprint density at radius 2 is 2.06 bits per heavy atom. The number of hydrogen-bond donors (Lipinski definition) is 3. The molecule has 0 radical (unpaired) electrons. The lowest BCUT2D eigenvalue weighted by Crippen LogP contribution is -2.50. The first-order chi connectivity index (χ1) is 16.2. The average molecular weight is 735 g/mol. The van der Waals surface area contributed by atoms with E-state index in [4.69, 9.17) is 24.8 Å². The molecule has 0 aromatic heterocycles. The van der Waals surface area contributed by atoms with E-state index in [2.05, 4.69) is 74.2 Å². The summed E-state index contributed by atoms with van der Waals surface area (Å²) in [6.45, 7) is 1.25. The van der Waals surface area contributed by atoms with Crippen LogP contribution >= 0.6 is 63.7 Å². The number of ether oxygens (including phenoxy) is 3. The monoisotopic (exact) mass is 731 g/mol. The number of aliphatic hydroxyl groups excluding tert-OH is 1. The Balaban J connectivity index is 1.49. The van der Waals surface area contributed by atoms with Crippen LogP contribution in [0.15, 0.2) is 37.0 Å². The SMILES string of the molecule is COC1C(Br)=COC2(CC1Br)ON=C(C(=O)NCCCOc1c(Br)cc(CCN)cc1Br)C2O. The van der Waals surface area contributed by atoms with Crippen LogP contribution in [0.5, 0.6) is 5.75 Å². The molecule has 0 fully saturated rings. The van der Waals surface area contributed by atoms with Crippen LogP contribution in [0.25, 0.3) is 0 Å². The number of halogens is 4. The second-order valence-electron chi connectivity index (χ2n) is 7.66. The lowest BCUT2D eigenvalue weighted by molar-refractivity contribution is -0.230. The minimum atomic E-state index is -1.52. The number of nitrogens with two attached hydrogens (primary N) is 1. The molecule has 2 aliphatic rings. The summed E-state index contributed by atoms with van der Waals surface area (Å²) in [7, 11) is 1.56. The number of alkyl halides is 1. The highest BCUT2D eigenvalue weighted by atomic mass is 79.9. The van der Waals surface area contributed by atoms with Gasteiger partial charge in [0.2, 0.25) is 0 Å². The summed E-state index contributed by atoms with van der Waals surface area (Å²) in [5.41, 5.74) is 6.56. The largest absolute Gasteiger partial charge is 0.491 e. The average Bonchev–Trinajstić information content (AvgIpc) is 3.03. The summed E-state index contributed by atoms with van der Waals surface area (Å²) in [5.74, 6) is -1.38. The molecule has 188 valence electrons. The van der Waals surface area contributed by atoms with Crippen LogP contribution in [0.3, 0.4) is 0 Å². The molecule has 3 rings (SSSR count). The molecule has 0 saturated heterocycles. The molecule has 1 aromatic rings. The highest BCUT2D eigenvalue weighted by Crippen LogP contribution is 2.40. The van der Waals surface area contributed by atoms with Crippen molar-refractivity contribution in [1.29, 1.82) is 0 Å². The van der Waals surface area contributed by atoms with E-state index < -0.39 is 17.8 Å². The number of carbonyl (C=O) groups is 1. The van der Waals surface area contributed by atoms with Gasteiger partial charge in [0.05, 0.1) is 24.9 Å². The quantitative estimate of drug-likeness (QED) is 0.262. The van der Waals surface area contributed by atoms with E-state index in [0.29, 0.717) is 36.3 Å². The summed E-state index contributed by atoms with van der Waals surface area (Å²) >= 11 is 13.9. The lowest BCUT2D eigenvalue weighted by Gasteiger charge is -2.29. The Kier molecular flexibility index (Phi) is 10.3. The number of amides is 1. The van der Waals surface area contributed by atoms with Crippen molar-refractivity contribution in [3.63, 3.8) is 0 Å². The summed E-state index contributed by atoms with van der Waals surface area (Å²) in [6.07, 6.45) is 1.17. The molecule has 4 unspecified atom stereocenters. The van der Waals surface area contributed by atoms with Crippen LogP contribution < -0.4 is 15.8 Å². The maximum atomic E-state index is 12.6. The molecule has 34 heavy (non-hydrogen) atoms. The number of methoxy groups -OCH3 is 1. The van der Waals surface area contributed by atoms with Crippen LogP contribution in [0.4, 0.5) is 0 Å². The van der Waals surface area contributed by atoms with Gasteiger partial charge >= 0.3 is 5.79 Å². The van der Waals surface area contributed by atoms with Crippen molar-refractivity contribution in [2.75, 3.05) is 26.8 Å². The van der Waals surface area contributed by atoms with Gasteiger partial charge in [-0.05, 0) is 84.9 Å². The summed E-state index contributed by atoms with van der Waals surface area (Å²) < 4.78 is 19.2. The fourth-order valence-electron chi connectivity index (χ4n) is 3.52. The molecule has 4 N–H and O–H groups in total. The van der Waals surface area contributed by atoms with E-state index in [1.807, 2.05) is 12.1 Å². The number of nitrogens with zero attached hydrogens (tertiary/aromatic N) is 1. The number of rotatable bonds is 9. The molecular weight excluding hydrogens is 710 g/mol. The van der Waals surface area contributed by atoms with Gasteiger partial charge in [0.1, 0.15) is 18.1 Å². The Bertz CT molecular complexity index is 939. The van der Waals surface area contributed by atoms with Crippen molar-refractivity contribution in [1.82, 2.24) is 5.32 Å². The van der Waals surface area contributed by atoms with Crippen molar-refractivity contribution < 1.29 is 28.9 Å². The van der Waals surface area contributed by atoms with Gasteiger partial charge in [-0.2, -0.15) is 0 Å². The van der Waals surface area contributed by atoms with Gasteiger partial charge < -0.3 is 35.2 Å². The van der Waals surface area contributed by atoms with Crippen LogP contribution in [0, 0.1) is 0 Å². The first kappa shape index (κ1) is 27.9. The molecule has 13 heteroatoms. The van der Waals surface area contributed by atoms with E-state index in [0.717, 1.165) is 20.9 Å². The number of aliphatic hydroxyl groups is 1. The molecule has 1 amide bonds. The molecule has 0 saturated carbocycles. The first-order valence-electron chi connectivity index (χ1n) is 10.5. The summed E-state index contributed by atoms with van der Waals surface area (Å²) in [5, 5.41) is 17.3. The maximum Gasteiger partial charge on any atom is 0.307 e. The molecule has 1 aromatic carbocycles. The van der Waals surface area contributed by atoms with Gasteiger partial charge in [-0.3, -0.25) is 4.79 Å². The number of nitrogens with one attached hydrogen (secondary N) is 1. The van der Waals surface area contributed by atoms with Crippen molar-refractivity contribution in [2.24, 2.45) is 10.9 Å². The van der Waals surface area contributed by atoms with Gasteiger partial charge in [0.25, 0.3) is 5.91 Å². The predicted octanol–water partition coefficient (Wildman–Crippen LogP) is 3.48. The zero-order valence-electron chi connectivity index (χ0n) is 18.2. The highest BCUT2D eigenvalue weighted by Gasteiger charge is 2.55. The number of hydrogen-bond acceptors (Lipinski definition) is 8. The normalized spacial score (nSPS) is 26.3. The molecular formula is C21H25Br4N3O6. The Hall–Kier alpha value is -0.700. The van der Waals surface area contributed by atoms with Crippen LogP contribution in [-0.4, -0.2) is 66.4 Å². The number of carbonyl (C=O) groups excluding carboxylic acids is 1. The van der Waals surface area contributed by atoms with E-state index in [-0.39, 0.29) is 23.1 Å². The van der Waals surface area contributed by atoms with E-state index >= 15 is 0 Å². The Morgan fingerprint density at radius 1 is 1.35 bits per heavy atom. The summed E-state index contributed by atoms with van der Waals surface area (Å²) in [6, 6.07) is 3.94. The second kappa shape index (κ2) is 12.5. The Labute approximate surface area is 231 Å². The second-order valence-corrected chi connectivity index (χ2v) is 11.5. The molecule has 0 aliphatic carbocycles. The topological polar surface area (TPSA) is 125 Å². The molecule has 4 atom stereocenters. The fourth-order valence-corrected chi connectivity index (χ4v) is 6.93. The van der Waals surface area contributed by atoms with Gasteiger partial charge in [0, 0.05) is 20.1 Å². The Morgan fingerprint density at radius 3 is 2.71 bits per heavy atom. The highest BCUT2D eigenvalue weighted by molar-refractivity contribution is 9.12. The summed E-state index contributed by atoms with van der Waals surface area (Å²) in [4.78, 5) is 17.8.